The number of nitrogens with zero attached hydrogens (tertiary/aromatic N) is 1. The first kappa shape index (κ1) is 20.4. The zero-order valence-electron chi connectivity index (χ0n) is 14.4. The first-order valence-electron chi connectivity index (χ1n) is 8.91. The molecule has 0 bridgehead atoms. The Morgan fingerprint density at radius 1 is 0.667 bits per heavy atom. The molecular formula is C18H36NO2. The molecular weight excluding hydrogens is 262 g/mol. The third-order valence-electron chi connectivity index (χ3n) is 3.91. The molecule has 0 aliphatic carbocycles. The molecule has 0 aromatic rings. The fraction of sp³-hybridized carbons (Fsp3) is 0.944. The SMILES string of the molecule is CN(C)CCCCCCCCCCCCCCCO[C]=O. The minimum Gasteiger partial charge on any atom is -0.457 e. The van der Waals surface area contributed by atoms with Crippen LogP contribution in [0.4, 0.5) is 0 Å². The smallest absolute Gasteiger partial charge is 0.417 e. The highest BCUT2D eigenvalue weighted by Crippen LogP contribution is 2.12. The minimum absolute atomic E-state index is 0.540. The number of hydrogen-bond donors (Lipinski definition) is 0. The van der Waals surface area contributed by atoms with E-state index in [2.05, 4.69) is 23.7 Å². The van der Waals surface area contributed by atoms with Crippen LogP contribution in [0.1, 0.15) is 83.5 Å². The lowest BCUT2D eigenvalue weighted by Gasteiger charge is -2.08. The molecule has 0 spiro atoms. The Bertz CT molecular complexity index is 207. The Hall–Kier alpha value is -0.570. The van der Waals surface area contributed by atoms with Crippen molar-refractivity contribution in [1.82, 2.24) is 4.90 Å². The Labute approximate surface area is 132 Å². The Morgan fingerprint density at radius 3 is 1.43 bits per heavy atom. The van der Waals surface area contributed by atoms with Crippen LogP contribution >= 0.6 is 0 Å². The van der Waals surface area contributed by atoms with Gasteiger partial charge in [0.05, 0.1) is 6.61 Å². The maximum atomic E-state index is 9.82. The van der Waals surface area contributed by atoms with Gasteiger partial charge in [-0.3, -0.25) is 0 Å². The fourth-order valence-corrected chi connectivity index (χ4v) is 2.59. The third-order valence-corrected chi connectivity index (χ3v) is 3.91. The molecule has 0 N–H and O–H groups in total. The second kappa shape index (κ2) is 17.5. The van der Waals surface area contributed by atoms with Crippen LogP contribution in [0.3, 0.4) is 0 Å². The molecule has 0 heterocycles. The molecule has 0 saturated carbocycles. The molecule has 0 aromatic heterocycles. The summed E-state index contributed by atoms with van der Waals surface area (Å²) >= 11 is 0. The number of hydrogen-bond acceptors (Lipinski definition) is 3. The quantitative estimate of drug-likeness (QED) is 0.364. The van der Waals surface area contributed by atoms with Crippen LogP contribution in [0, 0.1) is 0 Å². The summed E-state index contributed by atoms with van der Waals surface area (Å²) in [5, 5.41) is 0. The molecule has 0 aliphatic heterocycles. The van der Waals surface area contributed by atoms with Crippen LogP contribution in [0.25, 0.3) is 0 Å². The Morgan fingerprint density at radius 2 is 1.05 bits per heavy atom. The van der Waals surface area contributed by atoms with Gasteiger partial charge in [0.15, 0.2) is 0 Å². The summed E-state index contributed by atoms with van der Waals surface area (Å²) in [6.07, 6.45) is 17.3. The lowest BCUT2D eigenvalue weighted by molar-refractivity contribution is 0.268. The van der Waals surface area contributed by atoms with Crippen molar-refractivity contribution in [3.63, 3.8) is 0 Å². The predicted molar refractivity (Wildman–Crippen MR) is 90.2 cm³/mol. The molecule has 0 saturated heterocycles. The van der Waals surface area contributed by atoms with E-state index in [1.807, 2.05) is 0 Å². The summed E-state index contributed by atoms with van der Waals surface area (Å²) in [6.45, 7) is 3.24. The topological polar surface area (TPSA) is 29.5 Å². The van der Waals surface area contributed by atoms with E-state index in [-0.39, 0.29) is 0 Å². The van der Waals surface area contributed by atoms with E-state index >= 15 is 0 Å². The molecule has 0 aliphatic rings. The molecule has 0 atom stereocenters. The molecule has 0 fully saturated rings. The molecule has 1 radical (unpaired) electrons. The van der Waals surface area contributed by atoms with Crippen LogP contribution < -0.4 is 0 Å². The maximum Gasteiger partial charge on any atom is 0.417 e. The number of ether oxygens (including phenoxy) is 1. The summed E-state index contributed by atoms with van der Waals surface area (Å²) in [4.78, 5) is 12.1. The van der Waals surface area contributed by atoms with Crippen molar-refractivity contribution >= 4 is 6.47 Å². The van der Waals surface area contributed by atoms with E-state index in [9.17, 15) is 4.79 Å². The molecule has 0 unspecified atom stereocenters. The summed E-state index contributed by atoms with van der Waals surface area (Å²) < 4.78 is 4.54. The van der Waals surface area contributed by atoms with E-state index < -0.39 is 0 Å². The van der Waals surface area contributed by atoms with Gasteiger partial charge in [-0.25, -0.2) is 4.79 Å². The number of unbranched alkanes of at least 4 members (excludes halogenated alkanes) is 12. The van der Waals surface area contributed by atoms with Crippen molar-refractivity contribution in [3.8, 4) is 0 Å². The summed E-state index contributed by atoms with van der Waals surface area (Å²) in [7, 11) is 4.30. The zero-order valence-corrected chi connectivity index (χ0v) is 14.4. The van der Waals surface area contributed by atoms with Gasteiger partial charge in [-0.2, -0.15) is 0 Å². The van der Waals surface area contributed by atoms with Gasteiger partial charge in [-0.1, -0.05) is 70.6 Å². The molecule has 3 nitrogen and oxygen atoms in total. The van der Waals surface area contributed by atoms with Crippen molar-refractivity contribution < 1.29 is 9.53 Å². The predicted octanol–water partition coefficient (Wildman–Crippen LogP) is 4.70. The second-order valence-electron chi connectivity index (χ2n) is 6.33. The van der Waals surface area contributed by atoms with E-state index in [0.29, 0.717) is 6.61 Å². The largest absolute Gasteiger partial charge is 0.457 e. The van der Waals surface area contributed by atoms with Gasteiger partial charge < -0.3 is 9.64 Å². The fourth-order valence-electron chi connectivity index (χ4n) is 2.59. The maximum absolute atomic E-state index is 9.82. The van der Waals surface area contributed by atoms with E-state index in [0.717, 1.165) is 6.42 Å². The molecule has 21 heavy (non-hydrogen) atoms. The minimum atomic E-state index is 0.540. The normalized spacial score (nSPS) is 11.0. The third kappa shape index (κ3) is 19.4. The van der Waals surface area contributed by atoms with E-state index in [1.54, 1.807) is 0 Å². The second-order valence-corrected chi connectivity index (χ2v) is 6.33. The number of rotatable bonds is 17. The first-order valence-corrected chi connectivity index (χ1v) is 8.91. The number of carbonyl (C=O) groups excluding carboxylic acids is 1. The first-order chi connectivity index (χ1) is 10.3. The standard InChI is InChI=1S/C18H36NO2/c1-19(2)16-14-12-10-8-6-4-3-5-7-9-11-13-15-17-21-18-20/h3-17H2,1-2H3. The Balaban J connectivity index is 2.95. The van der Waals surface area contributed by atoms with E-state index in [4.69, 9.17) is 0 Å². The van der Waals surface area contributed by atoms with Gasteiger partial charge in [-0.15, -0.1) is 0 Å². The summed E-state index contributed by atoms with van der Waals surface area (Å²) in [5.41, 5.74) is 0. The van der Waals surface area contributed by atoms with Crippen molar-refractivity contribution in [3.05, 3.63) is 0 Å². The molecule has 0 rings (SSSR count). The molecule has 0 aromatic carbocycles. The Kier molecular flexibility index (Phi) is 17.0. The molecule has 3 heteroatoms. The van der Waals surface area contributed by atoms with Crippen LogP contribution in [0.2, 0.25) is 0 Å². The van der Waals surface area contributed by atoms with E-state index in [1.165, 1.54) is 90.1 Å². The van der Waals surface area contributed by atoms with Gasteiger partial charge in [0.2, 0.25) is 0 Å². The highest BCUT2D eigenvalue weighted by atomic mass is 16.5. The molecule has 0 amide bonds. The van der Waals surface area contributed by atoms with Gasteiger partial charge in [0.25, 0.3) is 0 Å². The lowest BCUT2D eigenvalue weighted by atomic mass is 10.0. The monoisotopic (exact) mass is 298 g/mol. The van der Waals surface area contributed by atoms with Gasteiger partial charge in [0, 0.05) is 0 Å². The zero-order chi connectivity index (χ0) is 15.6. The van der Waals surface area contributed by atoms with Crippen molar-refractivity contribution in [2.45, 2.75) is 83.5 Å². The van der Waals surface area contributed by atoms with Crippen molar-refractivity contribution in [2.24, 2.45) is 0 Å². The summed E-state index contributed by atoms with van der Waals surface area (Å²) in [5.74, 6) is 0. The molecule has 125 valence electrons. The lowest BCUT2D eigenvalue weighted by Crippen LogP contribution is -2.12. The highest BCUT2D eigenvalue weighted by molar-refractivity contribution is 5.37. The van der Waals surface area contributed by atoms with Crippen LogP contribution in [0.5, 0.6) is 0 Å². The van der Waals surface area contributed by atoms with Crippen molar-refractivity contribution in [1.29, 1.82) is 0 Å². The van der Waals surface area contributed by atoms with Gasteiger partial charge >= 0.3 is 6.47 Å². The van der Waals surface area contributed by atoms with Crippen LogP contribution in [-0.4, -0.2) is 38.6 Å². The highest BCUT2D eigenvalue weighted by Gasteiger charge is 1.95. The van der Waals surface area contributed by atoms with Gasteiger partial charge in [-0.05, 0) is 33.5 Å². The average molecular weight is 298 g/mol. The van der Waals surface area contributed by atoms with Gasteiger partial charge in [0.1, 0.15) is 0 Å². The van der Waals surface area contributed by atoms with Crippen molar-refractivity contribution in [2.75, 3.05) is 27.2 Å². The average Bonchev–Trinajstić information content (AvgIpc) is 2.46. The van der Waals surface area contributed by atoms with Crippen LogP contribution in [0.15, 0.2) is 0 Å². The summed E-state index contributed by atoms with van der Waals surface area (Å²) in [6, 6.07) is 0. The van der Waals surface area contributed by atoms with Crippen LogP contribution in [-0.2, 0) is 9.53 Å².